The van der Waals surface area contributed by atoms with Gasteiger partial charge in [0.1, 0.15) is 12.4 Å². The maximum Gasteiger partial charge on any atom is 0.355 e. The molecule has 1 heterocycles. The lowest BCUT2D eigenvalue weighted by molar-refractivity contribution is -0.140. The number of anilines is 1. The molecule has 1 aromatic rings. The molecular weight excluding hydrogens is 310 g/mol. The topological polar surface area (TPSA) is 65.1 Å². The van der Waals surface area contributed by atoms with Gasteiger partial charge in [-0.2, -0.15) is 0 Å². The fourth-order valence-electron chi connectivity index (χ4n) is 2.49. The zero-order valence-electron chi connectivity index (χ0n) is 14.7. The highest BCUT2D eigenvalue weighted by Gasteiger charge is 2.32. The number of hydrogen-bond donors (Lipinski definition) is 0. The molecule has 0 spiro atoms. The second kappa shape index (κ2) is 7.05. The number of hydrogen-bond acceptors (Lipinski definition) is 6. The molecule has 130 valence electrons. The van der Waals surface area contributed by atoms with Gasteiger partial charge in [0.05, 0.1) is 26.4 Å². The number of methoxy groups -OCH3 is 2. The van der Waals surface area contributed by atoms with Gasteiger partial charge in [-0.25, -0.2) is 9.59 Å². The summed E-state index contributed by atoms with van der Waals surface area (Å²) >= 11 is 0. The van der Waals surface area contributed by atoms with Crippen LogP contribution in [0.5, 0.6) is 0 Å². The third kappa shape index (κ3) is 3.59. The predicted molar refractivity (Wildman–Crippen MR) is 89.5 cm³/mol. The van der Waals surface area contributed by atoms with Gasteiger partial charge in [-0.3, -0.25) is 0 Å². The molecule has 1 aliphatic rings. The van der Waals surface area contributed by atoms with Gasteiger partial charge in [-0.1, -0.05) is 32.9 Å². The van der Waals surface area contributed by atoms with Crippen LogP contribution in [0.15, 0.2) is 35.5 Å². The van der Waals surface area contributed by atoms with Crippen LogP contribution in [0.1, 0.15) is 26.3 Å². The number of carbonyl (C=O) groups excluding carboxylic acids is 2. The Morgan fingerprint density at radius 1 is 1.12 bits per heavy atom. The summed E-state index contributed by atoms with van der Waals surface area (Å²) in [6, 6.07) is 7.78. The van der Waals surface area contributed by atoms with Crippen molar-refractivity contribution >= 4 is 17.6 Å². The van der Waals surface area contributed by atoms with Crippen LogP contribution in [0.3, 0.4) is 0 Å². The fourth-order valence-corrected chi connectivity index (χ4v) is 2.49. The quantitative estimate of drug-likeness (QED) is 0.791. The highest BCUT2D eigenvalue weighted by Crippen LogP contribution is 2.30. The van der Waals surface area contributed by atoms with Crippen LogP contribution in [-0.4, -0.2) is 39.5 Å². The number of nitrogens with zero attached hydrogens (tertiary/aromatic N) is 1. The standard InChI is InChI=1S/C18H23NO5/c1-18(2,3)12-7-6-8-13(9-12)19-11-24-10-14(16(20)22-4)15(19)17(21)23-5/h6-9H,10-11H2,1-5H3. The average molecular weight is 333 g/mol. The molecular formula is C18H23NO5. The van der Waals surface area contributed by atoms with Crippen LogP contribution in [-0.2, 0) is 29.2 Å². The summed E-state index contributed by atoms with van der Waals surface area (Å²) in [4.78, 5) is 25.9. The zero-order valence-corrected chi connectivity index (χ0v) is 14.7. The van der Waals surface area contributed by atoms with Gasteiger partial charge in [0.15, 0.2) is 0 Å². The Morgan fingerprint density at radius 3 is 2.38 bits per heavy atom. The van der Waals surface area contributed by atoms with E-state index in [1.807, 2.05) is 24.3 Å². The molecule has 0 fully saturated rings. The summed E-state index contributed by atoms with van der Waals surface area (Å²) in [5.74, 6) is -1.20. The van der Waals surface area contributed by atoms with Crippen LogP contribution in [0, 0.1) is 0 Å². The van der Waals surface area contributed by atoms with Crippen molar-refractivity contribution in [3.63, 3.8) is 0 Å². The molecule has 6 heteroatoms. The SMILES string of the molecule is COC(=O)C1=C(C(=O)OC)N(c2cccc(C(C)(C)C)c2)COC1. The third-order valence-electron chi connectivity index (χ3n) is 3.86. The molecule has 0 unspecified atom stereocenters. The van der Waals surface area contributed by atoms with Crippen LogP contribution < -0.4 is 4.90 Å². The summed E-state index contributed by atoms with van der Waals surface area (Å²) < 4.78 is 15.1. The summed E-state index contributed by atoms with van der Waals surface area (Å²) in [6.45, 7) is 6.48. The predicted octanol–water partition coefficient (Wildman–Crippen LogP) is 2.38. The van der Waals surface area contributed by atoms with Gasteiger partial charge in [-0.15, -0.1) is 0 Å². The molecule has 0 amide bonds. The Hall–Kier alpha value is -2.34. The van der Waals surface area contributed by atoms with E-state index in [1.165, 1.54) is 14.2 Å². The summed E-state index contributed by atoms with van der Waals surface area (Å²) in [7, 11) is 2.55. The largest absolute Gasteiger partial charge is 0.466 e. The molecule has 0 saturated carbocycles. The smallest absolute Gasteiger partial charge is 0.355 e. The molecule has 0 saturated heterocycles. The first kappa shape index (κ1) is 18.0. The van der Waals surface area contributed by atoms with Crippen molar-refractivity contribution in [2.24, 2.45) is 0 Å². The molecule has 2 rings (SSSR count). The van der Waals surface area contributed by atoms with Gasteiger partial charge in [0, 0.05) is 5.69 Å². The van der Waals surface area contributed by atoms with E-state index in [0.29, 0.717) is 0 Å². The van der Waals surface area contributed by atoms with E-state index in [9.17, 15) is 9.59 Å². The molecule has 0 aliphatic carbocycles. The van der Waals surface area contributed by atoms with E-state index in [4.69, 9.17) is 14.2 Å². The molecule has 0 aromatic heterocycles. The highest BCUT2D eigenvalue weighted by molar-refractivity contribution is 6.03. The van der Waals surface area contributed by atoms with E-state index in [1.54, 1.807) is 4.90 Å². The first-order valence-electron chi connectivity index (χ1n) is 7.65. The van der Waals surface area contributed by atoms with Gasteiger partial charge in [0.2, 0.25) is 0 Å². The van der Waals surface area contributed by atoms with Crippen LogP contribution in [0.2, 0.25) is 0 Å². The molecule has 24 heavy (non-hydrogen) atoms. The third-order valence-corrected chi connectivity index (χ3v) is 3.86. The van der Waals surface area contributed by atoms with Crippen LogP contribution in [0.4, 0.5) is 5.69 Å². The first-order valence-corrected chi connectivity index (χ1v) is 7.65. The lowest BCUT2D eigenvalue weighted by atomic mass is 9.87. The molecule has 1 aliphatic heterocycles. The van der Waals surface area contributed by atoms with Crippen molar-refractivity contribution in [3.05, 3.63) is 41.1 Å². The van der Waals surface area contributed by atoms with Gasteiger partial charge < -0.3 is 19.1 Å². The summed E-state index contributed by atoms with van der Waals surface area (Å²) in [5.41, 5.74) is 2.12. The van der Waals surface area contributed by atoms with Crippen molar-refractivity contribution in [1.29, 1.82) is 0 Å². The van der Waals surface area contributed by atoms with Gasteiger partial charge in [-0.05, 0) is 23.1 Å². The minimum Gasteiger partial charge on any atom is -0.466 e. The molecule has 0 N–H and O–H groups in total. The lowest BCUT2D eigenvalue weighted by Gasteiger charge is -2.32. The van der Waals surface area contributed by atoms with Gasteiger partial charge >= 0.3 is 11.9 Å². The summed E-state index contributed by atoms with van der Waals surface area (Å²) in [5, 5.41) is 0. The van der Waals surface area contributed by atoms with Crippen molar-refractivity contribution in [2.75, 3.05) is 32.5 Å². The van der Waals surface area contributed by atoms with Crippen LogP contribution in [0.25, 0.3) is 0 Å². The van der Waals surface area contributed by atoms with E-state index >= 15 is 0 Å². The van der Waals surface area contributed by atoms with E-state index in [0.717, 1.165) is 11.3 Å². The zero-order chi connectivity index (χ0) is 17.9. The number of ether oxygens (including phenoxy) is 3. The Morgan fingerprint density at radius 2 is 1.79 bits per heavy atom. The van der Waals surface area contributed by atoms with Gasteiger partial charge in [0.25, 0.3) is 0 Å². The molecule has 0 bridgehead atoms. The van der Waals surface area contributed by atoms with Crippen molar-refractivity contribution in [2.45, 2.75) is 26.2 Å². The molecule has 1 aromatic carbocycles. The lowest BCUT2D eigenvalue weighted by Crippen LogP contribution is -2.38. The second-order valence-corrected chi connectivity index (χ2v) is 6.52. The normalized spacial score (nSPS) is 15.3. The van der Waals surface area contributed by atoms with Crippen molar-refractivity contribution < 1.29 is 23.8 Å². The monoisotopic (exact) mass is 333 g/mol. The fraction of sp³-hybridized carbons (Fsp3) is 0.444. The van der Waals surface area contributed by atoms with E-state index in [-0.39, 0.29) is 30.0 Å². The van der Waals surface area contributed by atoms with Crippen molar-refractivity contribution in [3.8, 4) is 0 Å². The molecule has 0 atom stereocenters. The first-order chi connectivity index (χ1) is 11.3. The Labute approximate surface area is 142 Å². The number of carbonyl (C=O) groups is 2. The number of esters is 2. The Kier molecular flexibility index (Phi) is 5.29. The second-order valence-electron chi connectivity index (χ2n) is 6.52. The maximum absolute atomic E-state index is 12.3. The average Bonchev–Trinajstić information content (AvgIpc) is 2.59. The van der Waals surface area contributed by atoms with E-state index < -0.39 is 11.9 Å². The summed E-state index contributed by atoms with van der Waals surface area (Å²) in [6.07, 6.45) is 0. The highest BCUT2D eigenvalue weighted by atomic mass is 16.5. The minimum atomic E-state index is -0.605. The number of benzene rings is 1. The van der Waals surface area contributed by atoms with E-state index in [2.05, 4.69) is 20.8 Å². The Balaban J connectivity index is 2.55. The van der Waals surface area contributed by atoms with Crippen molar-refractivity contribution in [1.82, 2.24) is 0 Å². The van der Waals surface area contributed by atoms with Crippen LogP contribution >= 0.6 is 0 Å². The molecule has 0 radical (unpaired) electrons. The number of rotatable bonds is 3. The minimum absolute atomic E-state index is 0.00652. The Bertz CT molecular complexity index is 672. The molecule has 6 nitrogen and oxygen atoms in total. The maximum atomic E-state index is 12.3.